The fourth-order valence-electron chi connectivity index (χ4n) is 1.39. The normalized spacial score (nSPS) is 9.89. The molecule has 0 radical (unpaired) electrons. The molecule has 96 valence electrons. The average molecular weight is 257 g/mol. The molecule has 7 nitrogen and oxygen atoms in total. The molecule has 0 atom stereocenters. The highest BCUT2D eigenvalue weighted by atomic mass is 16.5. The molecule has 2 rings (SSSR count). The summed E-state index contributed by atoms with van der Waals surface area (Å²) in [6, 6.07) is 1.72. The number of hydrogen-bond donors (Lipinski definition) is 0. The predicted octanol–water partition coefficient (Wildman–Crippen LogP) is 0.279. The molecular weight excluding hydrogens is 246 g/mol. The molecule has 0 aliphatic rings. The number of pyridine rings is 1. The molecule has 0 aromatic carbocycles. The summed E-state index contributed by atoms with van der Waals surface area (Å²) >= 11 is 0. The lowest BCUT2D eigenvalue weighted by Crippen LogP contribution is -2.15. The minimum Gasteiger partial charge on any atom is -0.465 e. The van der Waals surface area contributed by atoms with Crippen LogP contribution >= 0.6 is 0 Å². The van der Waals surface area contributed by atoms with Crippen LogP contribution in [0.4, 0.5) is 0 Å². The Morgan fingerprint density at radius 1 is 1.53 bits per heavy atom. The van der Waals surface area contributed by atoms with Crippen molar-refractivity contribution in [3.63, 3.8) is 0 Å². The van der Waals surface area contributed by atoms with Gasteiger partial charge in [-0.1, -0.05) is 5.92 Å². The minimum absolute atomic E-state index is 0.0803. The molecule has 0 N–H and O–H groups in total. The minimum atomic E-state index is -0.415. The zero-order valence-corrected chi connectivity index (χ0v) is 10.3. The highest BCUT2D eigenvalue weighted by molar-refractivity contribution is 5.68. The van der Waals surface area contributed by atoms with Crippen molar-refractivity contribution in [1.29, 1.82) is 0 Å². The molecule has 2 heterocycles. The topological polar surface area (TPSA) is 82.8 Å². The molecule has 0 saturated carbocycles. The summed E-state index contributed by atoms with van der Waals surface area (Å²) in [7, 11) is 0. The van der Waals surface area contributed by atoms with Crippen LogP contribution in [0.25, 0.3) is 11.4 Å². The molecule has 0 bridgehead atoms. The Hall–Kier alpha value is -2.75. The van der Waals surface area contributed by atoms with Crippen molar-refractivity contribution in [1.82, 2.24) is 25.2 Å². The van der Waals surface area contributed by atoms with Crippen molar-refractivity contribution in [3.05, 3.63) is 24.0 Å². The van der Waals surface area contributed by atoms with Gasteiger partial charge in [0, 0.05) is 23.5 Å². The first-order valence-electron chi connectivity index (χ1n) is 5.58. The number of carbonyl (C=O) groups excluding carboxylic acids is 1. The zero-order valence-electron chi connectivity index (χ0n) is 10.3. The molecule has 19 heavy (non-hydrogen) atoms. The van der Waals surface area contributed by atoms with Crippen molar-refractivity contribution in [3.8, 4) is 23.7 Å². The van der Waals surface area contributed by atoms with E-state index in [4.69, 9.17) is 11.2 Å². The van der Waals surface area contributed by atoms with Gasteiger partial charge in [0.2, 0.25) is 5.82 Å². The first kappa shape index (κ1) is 12.7. The molecule has 0 saturated heterocycles. The lowest BCUT2D eigenvalue weighted by molar-refractivity contribution is -0.144. The number of tetrazole rings is 1. The predicted molar refractivity (Wildman–Crippen MR) is 65.6 cm³/mol. The van der Waals surface area contributed by atoms with Crippen LogP contribution < -0.4 is 0 Å². The molecule has 2 aromatic rings. The summed E-state index contributed by atoms with van der Waals surface area (Å²) in [6.07, 6.45) is 8.43. The highest BCUT2D eigenvalue weighted by Crippen LogP contribution is 2.13. The van der Waals surface area contributed by atoms with E-state index in [9.17, 15) is 4.79 Å². The van der Waals surface area contributed by atoms with E-state index in [0.29, 0.717) is 23.6 Å². The van der Waals surface area contributed by atoms with Gasteiger partial charge in [0.25, 0.3) is 0 Å². The maximum absolute atomic E-state index is 11.3. The van der Waals surface area contributed by atoms with E-state index in [0.717, 1.165) is 4.80 Å². The molecule has 0 amide bonds. The van der Waals surface area contributed by atoms with Gasteiger partial charge < -0.3 is 4.74 Å². The van der Waals surface area contributed by atoms with Gasteiger partial charge in [0.05, 0.1) is 6.61 Å². The SMILES string of the molecule is C#Cc1cncc(-c2nnn(CC(=O)OCC)n2)c1. The van der Waals surface area contributed by atoms with Gasteiger partial charge in [0.15, 0.2) is 6.54 Å². The summed E-state index contributed by atoms with van der Waals surface area (Å²) in [4.78, 5) is 16.4. The number of ether oxygens (including phenoxy) is 1. The number of rotatable bonds is 4. The van der Waals surface area contributed by atoms with Gasteiger partial charge in [-0.25, -0.2) is 4.79 Å². The summed E-state index contributed by atoms with van der Waals surface area (Å²) in [6.45, 7) is 1.96. The number of nitrogens with zero attached hydrogens (tertiary/aromatic N) is 5. The van der Waals surface area contributed by atoms with Crippen molar-refractivity contribution in [2.24, 2.45) is 0 Å². The fourth-order valence-corrected chi connectivity index (χ4v) is 1.39. The lowest BCUT2D eigenvalue weighted by Gasteiger charge is -1.99. The van der Waals surface area contributed by atoms with Crippen LogP contribution in [0, 0.1) is 12.3 Å². The van der Waals surface area contributed by atoms with Crippen molar-refractivity contribution in [2.45, 2.75) is 13.5 Å². The smallest absolute Gasteiger partial charge is 0.329 e. The van der Waals surface area contributed by atoms with Crippen LogP contribution in [0.1, 0.15) is 12.5 Å². The van der Waals surface area contributed by atoms with E-state index in [2.05, 4.69) is 26.3 Å². The van der Waals surface area contributed by atoms with Crippen LogP contribution in [-0.4, -0.2) is 37.8 Å². The van der Waals surface area contributed by atoms with Crippen LogP contribution in [0.3, 0.4) is 0 Å². The number of carbonyl (C=O) groups is 1. The quantitative estimate of drug-likeness (QED) is 0.578. The van der Waals surface area contributed by atoms with Crippen LogP contribution in [-0.2, 0) is 16.1 Å². The van der Waals surface area contributed by atoms with E-state index in [1.165, 1.54) is 0 Å². The molecule has 7 heteroatoms. The highest BCUT2D eigenvalue weighted by Gasteiger charge is 2.10. The maximum Gasteiger partial charge on any atom is 0.329 e. The Kier molecular flexibility index (Phi) is 3.83. The second kappa shape index (κ2) is 5.73. The van der Waals surface area contributed by atoms with Gasteiger partial charge in [-0.05, 0) is 18.2 Å². The molecular formula is C12H11N5O2. The average Bonchev–Trinajstić information content (AvgIpc) is 2.87. The van der Waals surface area contributed by atoms with E-state index in [1.807, 2.05) is 0 Å². The Morgan fingerprint density at radius 2 is 2.37 bits per heavy atom. The van der Waals surface area contributed by atoms with Crippen molar-refractivity contribution >= 4 is 5.97 Å². The molecule has 0 aliphatic heterocycles. The number of aromatic nitrogens is 5. The fraction of sp³-hybridized carbons (Fsp3) is 0.250. The number of terminal acetylenes is 1. The Balaban J connectivity index is 2.16. The number of esters is 1. The van der Waals surface area contributed by atoms with Crippen LogP contribution in [0.15, 0.2) is 18.5 Å². The molecule has 0 aliphatic carbocycles. The van der Waals surface area contributed by atoms with Crippen LogP contribution in [0.5, 0.6) is 0 Å². The van der Waals surface area contributed by atoms with E-state index in [-0.39, 0.29) is 6.54 Å². The standard InChI is InChI=1S/C12H11N5O2/c1-3-9-5-10(7-13-6-9)12-14-16-17(15-12)8-11(18)19-4-2/h1,5-7H,4,8H2,2H3. The molecule has 0 fully saturated rings. The monoisotopic (exact) mass is 257 g/mol. The largest absolute Gasteiger partial charge is 0.465 e. The third-order valence-electron chi connectivity index (χ3n) is 2.19. The lowest BCUT2D eigenvalue weighted by atomic mass is 10.2. The summed E-state index contributed by atoms with van der Waals surface area (Å²) in [5.41, 5.74) is 1.27. The van der Waals surface area contributed by atoms with Crippen molar-refractivity contribution < 1.29 is 9.53 Å². The van der Waals surface area contributed by atoms with Gasteiger partial charge >= 0.3 is 5.97 Å². The first-order chi connectivity index (χ1) is 9.22. The Bertz CT molecular complexity index is 629. The third-order valence-corrected chi connectivity index (χ3v) is 2.19. The van der Waals surface area contributed by atoms with E-state index >= 15 is 0 Å². The molecule has 2 aromatic heterocycles. The summed E-state index contributed by atoms with van der Waals surface area (Å²) < 4.78 is 4.79. The Morgan fingerprint density at radius 3 is 3.11 bits per heavy atom. The van der Waals surface area contributed by atoms with Crippen LogP contribution in [0.2, 0.25) is 0 Å². The molecule has 0 unspecified atom stereocenters. The number of hydrogen-bond acceptors (Lipinski definition) is 6. The van der Waals surface area contributed by atoms with Gasteiger partial charge in [-0.2, -0.15) is 4.80 Å². The van der Waals surface area contributed by atoms with Gasteiger partial charge in [-0.15, -0.1) is 16.6 Å². The zero-order chi connectivity index (χ0) is 13.7. The molecule has 0 spiro atoms. The summed E-state index contributed by atoms with van der Waals surface area (Å²) in [5.74, 6) is 2.41. The summed E-state index contributed by atoms with van der Waals surface area (Å²) in [5, 5.41) is 11.7. The second-order valence-corrected chi connectivity index (χ2v) is 3.56. The first-order valence-corrected chi connectivity index (χ1v) is 5.58. The van der Waals surface area contributed by atoms with E-state index < -0.39 is 5.97 Å². The third kappa shape index (κ3) is 3.13. The van der Waals surface area contributed by atoms with Gasteiger partial charge in [0.1, 0.15) is 0 Å². The maximum atomic E-state index is 11.3. The second-order valence-electron chi connectivity index (χ2n) is 3.56. The van der Waals surface area contributed by atoms with Crippen molar-refractivity contribution in [2.75, 3.05) is 6.61 Å². The van der Waals surface area contributed by atoms with Gasteiger partial charge in [-0.3, -0.25) is 4.98 Å². The van der Waals surface area contributed by atoms with E-state index in [1.54, 1.807) is 25.4 Å². The Labute approximate surface area is 109 Å².